The second-order valence-electron chi connectivity index (χ2n) is 5.68. The summed E-state index contributed by atoms with van der Waals surface area (Å²) in [5, 5.41) is 21.8. The average molecular weight is 355 g/mol. The molecule has 1 aliphatic carbocycles. The Hall–Kier alpha value is -2.77. The smallest absolute Gasteiger partial charge is 0.416 e. The molecule has 0 aromatic heterocycles. The lowest BCUT2D eigenvalue weighted by molar-refractivity contribution is -0.138. The van der Waals surface area contributed by atoms with Crippen molar-refractivity contribution < 1.29 is 33.0 Å². The highest BCUT2D eigenvalue weighted by molar-refractivity contribution is 5.98. The number of rotatable bonds is 4. The number of carbonyl (C=O) groups is 2. The van der Waals surface area contributed by atoms with Gasteiger partial charge in [0, 0.05) is 24.7 Å². The molecule has 8 heteroatoms. The number of carboxylic acids is 2. The summed E-state index contributed by atoms with van der Waals surface area (Å²) in [4.78, 5) is 23.4. The van der Waals surface area contributed by atoms with Gasteiger partial charge in [-0.15, -0.1) is 0 Å². The van der Waals surface area contributed by atoms with Crippen LogP contribution in [-0.4, -0.2) is 29.2 Å². The number of benzene rings is 1. The third-order valence-corrected chi connectivity index (χ3v) is 4.14. The lowest BCUT2D eigenvalue weighted by Crippen LogP contribution is -2.28. The highest BCUT2D eigenvalue weighted by Gasteiger charge is 2.38. The van der Waals surface area contributed by atoms with Crippen molar-refractivity contribution in [2.45, 2.75) is 25.4 Å². The highest BCUT2D eigenvalue weighted by atomic mass is 19.4. The van der Waals surface area contributed by atoms with Crippen LogP contribution in [0.5, 0.6) is 0 Å². The van der Waals surface area contributed by atoms with Gasteiger partial charge in [-0.2, -0.15) is 13.2 Å². The molecule has 0 bridgehead atoms. The van der Waals surface area contributed by atoms with Crippen LogP contribution in [0.4, 0.5) is 13.2 Å². The van der Waals surface area contributed by atoms with E-state index in [1.54, 1.807) is 6.92 Å². The van der Waals surface area contributed by atoms with Gasteiger partial charge in [0.05, 0.1) is 17.1 Å². The zero-order valence-electron chi connectivity index (χ0n) is 13.4. The first-order chi connectivity index (χ1) is 11.6. The lowest BCUT2D eigenvalue weighted by atomic mass is 9.76. The van der Waals surface area contributed by atoms with E-state index in [1.807, 2.05) is 0 Å². The van der Waals surface area contributed by atoms with Crippen molar-refractivity contribution >= 4 is 11.9 Å². The number of carboxylic acid groups (broad SMARTS) is 2. The van der Waals surface area contributed by atoms with Crippen LogP contribution in [0.3, 0.4) is 0 Å². The summed E-state index contributed by atoms with van der Waals surface area (Å²) in [6.07, 6.45) is -4.41. The van der Waals surface area contributed by atoms with E-state index in [2.05, 4.69) is 5.32 Å². The second kappa shape index (κ2) is 6.62. The van der Waals surface area contributed by atoms with Gasteiger partial charge in [-0.25, -0.2) is 9.59 Å². The summed E-state index contributed by atoms with van der Waals surface area (Å²) in [7, 11) is 1.52. The minimum Gasteiger partial charge on any atom is -0.478 e. The van der Waals surface area contributed by atoms with Gasteiger partial charge in [0.2, 0.25) is 0 Å². The Kier molecular flexibility index (Phi) is 4.92. The van der Waals surface area contributed by atoms with Gasteiger partial charge in [0.1, 0.15) is 0 Å². The van der Waals surface area contributed by atoms with Crippen LogP contribution in [0.25, 0.3) is 0 Å². The van der Waals surface area contributed by atoms with Gasteiger partial charge in [0.25, 0.3) is 0 Å². The third-order valence-electron chi connectivity index (χ3n) is 4.14. The maximum absolute atomic E-state index is 12.7. The van der Waals surface area contributed by atoms with E-state index in [1.165, 1.54) is 7.05 Å². The molecule has 0 radical (unpaired) electrons. The standard InChI is InChI=1S/C17H16F3NO4/c1-8-7-11(21-2)14(16(24)25)13(12(8)15(22)23)9-3-5-10(6-4-9)17(18,19)20/h3-6,13,21H,7H2,1-2H3,(H,22,23)(H,24,25). The zero-order chi connectivity index (χ0) is 18.9. The maximum Gasteiger partial charge on any atom is 0.416 e. The van der Waals surface area contributed by atoms with E-state index >= 15 is 0 Å². The van der Waals surface area contributed by atoms with Crippen molar-refractivity contribution in [1.82, 2.24) is 5.32 Å². The minimum absolute atomic E-state index is 0.122. The molecule has 3 N–H and O–H groups in total. The van der Waals surface area contributed by atoms with E-state index in [-0.39, 0.29) is 23.1 Å². The van der Waals surface area contributed by atoms with Crippen molar-refractivity contribution in [1.29, 1.82) is 0 Å². The Morgan fingerprint density at radius 1 is 1.08 bits per heavy atom. The summed E-state index contributed by atoms with van der Waals surface area (Å²) < 4.78 is 38.2. The Bertz CT molecular complexity index is 776. The molecule has 0 saturated heterocycles. The van der Waals surface area contributed by atoms with Gasteiger partial charge in [-0.1, -0.05) is 17.7 Å². The van der Waals surface area contributed by atoms with E-state index in [0.717, 1.165) is 24.3 Å². The molecular weight excluding hydrogens is 339 g/mol. The van der Waals surface area contributed by atoms with Gasteiger partial charge >= 0.3 is 18.1 Å². The fourth-order valence-electron chi connectivity index (χ4n) is 3.00. The largest absolute Gasteiger partial charge is 0.478 e. The first kappa shape index (κ1) is 18.6. The van der Waals surface area contributed by atoms with E-state index < -0.39 is 29.6 Å². The number of aliphatic carboxylic acids is 2. The SMILES string of the molecule is CNC1=C(C(=O)O)C(c2ccc(C(F)(F)F)cc2)C(C(=O)O)=C(C)C1. The molecule has 0 aliphatic heterocycles. The van der Waals surface area contributed by atoms with Crippen molar-refractivity contribution in [2.24, 2.45) is 0 Å². The van der Waals surface area contributed by atoms with Crippen LogP contribution in [0.2, 0.25) is 0 Å². The lowest BCUT2D eigenvalue weighted by Gasteiger charge is -2.29. The van der Waals surface area contributed by atoms with E-state index in [4.69, 9.17) is 0 Å². The molecular formula is C17H16F3NO4. The van der Waals surface area contributed by atoms with Crippen LogP contribution >= 0.6 is 0 Å². The number of nitrogens with one attached hydrogen (secondary N) is 1. The molecule has 25 heavy (non-hydrogen) atoms. The molecule has 1 aromatic rings. The Morgan fingerprint density at radius 3 is 2.00 bits per heavy atom. The molecule has 134 valence electrons. The number of hydrogen-bond acceptors (Lipinski definition) is 3. The summed E-state index contributed by atoms with van der Waals surface area (Å²) in [5.41, 5.74) is -0.234. The van der Waals surface area contributed by atoms with E-state index in [9.17, 15) is 33.0 Å². The second-order valence-corrected chi connectivity index (χ2v) is 5.68. The van der Waals surface area contributed by atoms with Crippen molar-refractivity contribution in [3.63, 3.8) is 0 Å². The molecule has 0 heterocycles. The Labute approximate surface area is 141 Å². The Balaban J connectivity index is 2.65. The van der Waals surface area contributed by atoms with Crippen molar-refractivity contribution in [2.75, 3.05) is 7.05 Å². The molecule has 0 saturated carbocycles. The average Bonchev–Trinajstić information content (AvgIpc) is 2.52. The normalized spacial score (nSPS) is 18.4. The topological polar surface area (TPSA) is 86.6 Å². The predicted octanol–water partition coefficient (Wildman–Crippen LogP) is 3.15. The fourth-order valence-corrected chi connectivity index (χ4v) is 3.00. The number of hydrogen-bond donors (Lipinski definition) is 3. The first-order valence-electron chi connectivity index (χ1n) is 7.32. The Morgan fingerprint density at radius 2 is 1.60 bits per heavy atom. The van der Waals surface area contributed by atoms with Gasteiger partial charge in [-0.3, -0.25) is 0 Å². The molecule has 0 spiro atoms. The molecule has 1 atom stereocenters. The molecule has 5 nitrogen and oxygen atoms in total. The number of halogens is 3. The molecule has 0 fully saturated rings. The maximum atomic E-state index is 12.7. The van der Waals surface area contributed by atoms with Gasteiger partial charge in [-0.05, 0) is 24.6 Å². The summed E-state index contributed by atoms with van der Waals surface area (Å²) in [5.74, 6) is -3.77. The van der Waals surface area contributed by atoms with E-state index in [0.29, 0.717) is 11.3 Å². The molecule has 1 unspecified atom stereocenters. The third kappa shape index (κ3) is 3.52. The summed E-state index contributed by atoms with van der Waals surface area (Å²) >= 11 is 0. The summed E-state index contributed by atoms with van der Waals surface area (Å²) in [6, 6.07) is 3.87. The predicted molar refractivity (Wildman–Crippen MR) is 82.9 cm³/mol. The first-order valence-corrected chi connectivity index (χ1v) is 7.32. The van der Waals surface area contributed by atoms with Crippen LogP contribution in [0.15, 0.2) is 46.7 Å². The zero-order valence-corrected chi connectivity index (χ0v) is 13.4. The fraction of sp³-hybridized carbons (Fsp3) is 0.294. The minimum atomic E-state index is -4.53. The van der Waals surface area contributed by atoms with Gasteiger partial charge < -0.3 is 15.5 Å². The van der Waals surface area contributed by atoms with Crippen LogP contribution < -0.4 is 5.32 Å². The quantitative estimate of drug-likeness (QED) is 0.772. The van der Waals surface area contributed by atoms with Crippen LogP contribution in [-0.2, 0) is 15.8 Å². The molecule has 2 rings (SSSR count). The number of alkyl halides is 3. The highest BCUT2D eigenvalue weighted by Crippen LogP contribution is 2.42. The molecule has 1 aromatic carbocycles. The van der Waals surface area contributed by atoms with Crippen LogP contribution in [0.1, 0.15) is 30.4 Å². The monoisotopic (exact) mass is 355 g/mol. The summed E-state index contributed by atoms with van der Waals surface area (Å²) in [6.45, 7) is 1.57. The van der Waals surface area contributed by atoms with Crippen molar-refractivity contribution in [3.05, 3.63) is 57.8 Å². The van der Waals surface area contributed by atoms with Crippen molar-refractivity contribution in [3.8, 4) is 0 Å². The van der Waals surface area contributed by atoms with Gasteiger partial charge in [0.15, 0.2) is 0 Å². The van der Waals surface area contributed by atoms with Crippen LogP contribution in [0, 0.1) is 0 Å². The molecule has 0 amide bonds. The number of allylic oxidation sites excluding steroid dienone is 1. The molecule has 1 aliphatic rings.